The molecule has 116 valence electrons. The highest BCUT2D eigenvalue weighted by Crippen LogP contribution is 2.23. The minimum atomic E-state index is -0.412. The molecule has 1 aromatic carbocycles. The van der Waals surface area contributed by atoms with Crippen LogP contribution in [0.15, 0.2) is 34.9 Å². The molecular weight excluding hydrogens is 282 g/mol. The number of oxazole rings is 1. The zero-order valence-electron chi connectivity index (χ0n) is 12.4. The summed E-state index contributed by atoms with van der Waals surface area (Å²) in [5.41, 5.74) is 7.19. The third-order valence-corrected chi connectivity index (χ3v) is 3.72. The van der Waals surface area contributed by atoms with Crippen molar-refractivity contribution in [3.63, 3.8) is 0 Å². The summed E-state index contributed by atoms with van der Waals surface area (Å²) >= 11 is 0. The third kappa shape index (κ3) is 3.18. The molecule has 1 aromatic heterocycles. The number of aryl methyl sites for hydroxylation is 1. The second kappa shape index (κ2) is 6.29. The molecule has 1 fully saturated rings. The second-order valence-corrected chi connectivity index (χ2v) is 5.37. The summed E-state index contributed by atoms with van der Waals surface area (Å²) in [5, 5.41) is 2.86. The minimum absolute atomic E-state index is 0.00665. The molecule has 6 nitrogen and oxygen atoms in total. The maximum atomic E-state index is 12.1. The normalized spacial score (nSPS) is 21.0. The summed E-state index contributed by atoms with van der Waals surface area (Å²) < 4.78 is 11.0. The van der Waals surface area contributed by atoms with Crippen LogP contribution < -0.4 is 11.1 Å². The van der Waals surface area contributed by atoms with E-state index in [4.69, 9.17) is 14.9 Å². The SMILES string of the molecule is Cc1ncc(-c2ccc(NC(=O)[C@@H]3CC[C@H](CN)O3)cc2)o1. The number of ether oxygens (including phenoxy) is 1. The van der Waals surface area contributed by atoms with E-state index in [1.54, 1.807) is 13.1 Å². The van der Waals surface area contributed by atoms with Gasteiger partial charge in [-0.15, -0.1) is 0 Å². The largest absolute Gasteiger partial charge is 0.441 e. The molecule has 1 saturated heterocycles. The predicted molar refractivity (Wildman–Crippen MR) is 82.3 cm³/mol. The van der Waals surface area contributed by atoms with Crippen LogP contribution in [0.4, 0.5) is 5.69 Å². The number of anilines is 1. The van der Waals surface area contributed by atoms with Gasteiger partial charge in [-0.1, -0.05) is 0 Å². The van der Waals surface area contributed by atoms with Crippen molar-refractivity contribution in [3.8, 4) is 11.3 Å². The van der Waals surface area contributed by atoms with Crippen LogP contribution in [-0.2, 0) is 9.53 Å². The van der Waals surface area contributed by atoms with Crippen molar-refractivity contribution in [1.29, 1.82) is 0 Å². The number of nitrogens with two attached hydrogens (primary N) is 1. The highest BCUT2D eigenvalue weighted by Gasteiger charge is 2.29. The monoisotopic (exact) mass is 301 g/mol. The number of hydrogen-bond donors (Lipinski definition) is 2. The van der Waals surface area contributed by atoms with Crippen LogP contribution >= 0.6 is 0 Å². The summed E-state index contributed by atoms with van der Waals surface area (Å²) in [7, 11) is 0. The van der Waals surface area contributed by atoms with Gasteiger partial charge in [-0.05, 0) is 37.1 Å². The van der Waals surface area contributed by atoms with Crippen LogP contribution in [0.3, 0.4) is 0 Å². The number of benzene rings is 1. The van der Waals surface area contributed by atoms with E-state index < -0.39 is 6.10 Å². The van der Waals surface area contributed by atoms with Gasteiger partial charge in [0.25, 0.3) is 5.91 Å². The average Bonchev–Trinajstić information content (AvgIpc) is 3.17. The lowest BCUT2D eigenvalue weighted by molar-refractivity contribution is -0.126. The first-order valence-electron chi connectivity index (χ1n) is 7.35. The molecule has 2 heterocycles. The number of aromatic nitrogens is 1. The highest BCUT2D eigenvalue weighted by molar-refractivity contribution is 5.94. The Morgan fingerprint density at radius 2 is 2.14 bits per heavy atom. The van der Waals surface area contributed by atoms with Crippen molar-refractivity contribution in [3.05, 3.63) is 36.4 Å². The summed E-state index contributed by atoms with van der Waals surface area (Å²) in [6, 6.07) is 7.43. The number of carbonyl (C=O) groups excluding carboxylic acids is 1. The standard InChI is InChI=1S/C16H19N3O3/c1-10-18-9-15(21-10)11-2-4-12(5-3-11)19-16(20)14-7-6-13(8-17)22-14/h2-5,9,13-14H,6-8,17H2,1H3,(H,19,20)/t13-,14+/m1/s1. The molecule has 0 unspecified atom stereocenters. The second-order valence-electron chi connectivity index (χ2n) is 5.37. The quantitative estimate of drug-likeness (QED) is 0.902. The summed E-state index contributed by atoms with van der Waals surface area (Å²) in [6.07, 6.45) is 2.81. The van der Waals surface area contributed by atoms with Gasteiger partial charge < -0.3 is 20.2 Å². The molecule has 2 atom stereocenters. The fourth-order valence-electron chi connectivity index (χ4n) is 2.51. The average molecular weight is 301 g/mol. The maximum Gasteiger partial charge on any atom is 0.253 e. The molecule has 0 radical (unpaired) electrons. The van der Waals surface area contributed by atoms with Crippen molar-refractivity contribution < 1.29 is 13.9 Å². The molecule has 3 N–H and O–H groups in total. The molecular formula is C16H19N3O3. The zero-order chi connectivity index (χ0) is 15.5. The Labute approximate surface area is 128 Å². The predicted octanol–water partition coefficient (Wildman–Crippen LogP) is 2.09. The van der Waals surface area contributed by atoms with E-state index in [0.717, 1.165) is 17.7 Å². The van der Waals surface area contributed by atoms with Crippen LogP contribution in [0.25, 0.3) is 11.3 Å². The first kappa shape index (κ1) is 14.7. The summed E-state index contributed by atoms with van der Waals surface area (Å²) in [4.78, 5) is 16.2. The van der Waals surface area contributed by atoms with Crippen LogP contribution in [-0.4, -0.2) is 29.6 Å². The van der Waals surface area contributed by atoms with Crippen LogP contribution in [0.1, 0.15) is 18.7 Å². The molecule has 22 heavy (non-hydrogen) atoms. The molecule has 1 aliphatic heterocycles. The topological polar surface area (TPSA) is 90.4 Å². The maximum absolute atomic E-state index is 12.1. The Hall–Kier alpha value is -2.18. The van der Waals surface area contributed by atoms with E-state index in [-0.39, 0.29) is 12.0 Å². The Morgan fingerprint density at radius 3 is 2.73 bits per heavy atom. The Balaban J connectivity index is 1.62. The number of rotatable bonds is 4. The van der Waals surface area contributed by atoms with Gasteiger partial charge >= 0.3 is 0 Å². The van der Waals surface area contributed by atoms with Gasteiger partial charge in [0.15, 0.2) is 11.7 Å². The Bertz CT molecular complexity index is 651. The van der Waals surface area contributed by atoms with Gasteiger partial charge in [0, 0.05) is 24.7 Å². The lowest BCUT2D eigenvalue weighted by Crippen LogP contribution is -2.29. The lowest BCUT2D eigenvalue weighted by atomic mass is 10.1. The highest BCUT2D eigenvalue weighted by atomic mass is 16.5. The number of hydrogen-bond acceptors (Lipinski definition) is 5. The van der Waals surface area contributed by atoms with Crippen molar-refractivity contribution in [2.45, 2.75) is 32.0 Å². The molecule has 0 aliphatic carbocycles. The number of carbonyl (C=O) groups is 1. The lowest BCUT2D eigenvalue weighted by Gasteiger charge is -2.12. The van der Waals surface area contributed by atoms with Crippen molar-refractivity contribution in [1.82, 2.24) is 4.98 Å². The number of nitrogens with one attached hydrogen (secondary N) is 1. The van der Waals surface area contributed by atoms with E-state index in [1.165, 1.54) is 0 Å². The van der Waals surface area contributed by atoms with Crippen molar-refractivity contribution >= 4 is 11.6 Å². The van der Waals surface area contributed by atoms with Gasteiger partial charge in [0.05, 0.1) is 12.3 Å². The van der Waals surface area contributed by atoms with Crippen molar-refractivity contribution in [2.24, 2.45) is 5.73 Å². The van der Waals surface area contributed by atoms with Gasteiger partial charge in [0.1, 0.15) is 6.10 Å². The van der Waals surface area contributed by atoms with Gasteiger partial charge in [-0.25, -0.2) is 4.98 Å². The van der Waals surface area contributed by atoms with Crippen molar-refractivity contribution in [2.75, 3.05) is 11.9 Å². The first-order valence-corrected chi connectivity index (χ1v) is 7.35. The van der Waals surface area contributed by atoms with Crippen LogP contribution in [0.5, 0.6) is 0 Å². The van der Waals surface area contributed by atoms with E-state index >= 15 is 0 Å². The molecule has 0 saturated carbocycles. The molecule has 1 aliphatic rings. The third-order valence-electron chi connectivity index (χ3n) is 3.72. The van der Waals surface area contributed by atoms with E-state index in [9.17, 15) is 4.79 Å². The van der Waals surface area contributed by atoms with E-state index in [0.29, 0.717) is 24.6 Å². The smallest absolute Gasteiger partial charge is 0.253 e. The molecule has 1 amide bonds. The zero-order valence-corrected chi connectivity index (χ0v) is 12.4. The molecule has 6 heteroatoms. The number of amides is 1. The number of nitrogens with zero attached hydrogens (tertiary/aromatic N) is 1. The van der Waals surface area contributed by atoms with Crippen LogP contribution in [0.2, 0.25) is 0 Å². The van der Waals surface area contributed by atoms with Crippen LogP contribution in [0, 0.1) is 6.92 Å². The molecule has 3 rings (SSSR count). The summed E-state index contributed by atoms with van der Waals surface area (Å²) in [5.74, 6) is 1.21. The van der Waals surface area contributed by atoms with Gasteiger partial charge in [0.2, 0.25) is 0 Å². The summed E-state index contributed by atoms with van der Waals surface area (Å²) in [6.45, 7) is 2.25. The van der Waals surface area contributed by atoms with Gasteiger partial charge in [-0.3, -0.25) is 4.79 Å². The fourth-order valence-corrected chi connectivity index (χ4v) is 2.51. The van der Waals surface area contributed by atoms with E-state index in [1.807, 2.05) is 24.3 Å². The van der Waals surface area contributed by atoms with Gasteiger partial charge in [-0.2, -0.15) is 0 Å². The molecule has 0 bridgehead atoms. The molecule has 2 aromatic rings. The Morgan fingerprint density at radius 1 is 1.36 bits per heavy atom. The fraction of sp³-hybridized carbons (Fsp3) is 0.375. The van der Waals surface area contributed by atoms with E-state index in [2.05, 4.69) is 10.3 Å². The first-order chi connectivity index (χ1) is 10.7. The molecule has 0 spiro atoms. The Kier molecular flexibility index (Phi) is 4.22. The minimum Gasteiger partial charge on any atom is -0.441 e.